The molecule has 1 saturated heterocycles. The standard InChI is InChI=1S/C27H38N2O2/c1-5-14-31-20-15-19(16-28-17-20)22-7-8-23-21-6-9-25-27(4,12-13-29(25)18(2)30)24(21)10-11-26(22,23)3/h7,15-17,21,23-25H,5-6,8-14H2,1-4H3/t21-,23-,24-,25?,26?,27+/m0/s1. The predicted octanol–water partition coefficient (Wildman–Crippen LogP) is 5.73. The molecule has 2 heterocycles. The first-order valence-electron chi connectivity index (χ1n) is 12.4. The third kappa shape index (κ3) is 3.15. The lowest BCUT2D eigenvalue weighted by Gasteiger charge is -2.57. The van der Waals surface area contributed by atoms with Gasteiger partial charge in [-0.1, -0.05) is 26.8 Å². The molecule has 2 saturated carbocycles. The van der Waals surface area contributed by atoms with Crippen LogP contribution in [0.5, 0.6) is 5.75 Å². The number of carbonyl (C=O) groups excluding carboxylic acids is 1. The van der Waals surface area contributed by atoms with E-state index in [2.05, 4.69) is 42.8 Å². The molecular weight excluding hydrogens is 384 g/mol. The van der Waals surface area contributed by atoms with Gasteiger partial charge in [-0.05, 0) is 90.7 Å². The van der Waals surface area contributed by atoms with E-state index in [0.29, 0.717) is 17.4 Å². The van der Waals surface area contributed by atoms with E-state index in [1.807, 2.05) is 12.4 Å². The molecule has 31 heavy (non-hydrogen) atoms. The molecule has 0 spiro atoms. The molecule has 4 heteroatoms. The minimum atomic E-state index is 0.230. The number of hydrogen-bond acceptors (Lipinski definition) is 3. The average molecular weight is 423 g/mol. The maximum absolute atomic E-state index is 12.2. The number of rotatable bonds is 4. The van der Waals surface area contributed by atoms with E-state index >= 15 is 0 Å². The number of hydrogen-bond donors (Lipinski definition) is 0. The van der Waals surface area contributed by atoms with Gasteiger partial charge < -0.3 is 9.64 Å². The zero-order chi connectivity index (χ0) is 21.8. The van der Waals surface area contributed by atoms with Crippen molar-refractivity contribution in [3.05, 3.63) is 30.1 Å². The molecule has 0 radical (unpaired) electrons. The fourth-order valence-electron chi connectivity index (χ4n) is 8.07. The quantitative estimate of drug-likeness (QED) is 0.622. The lowest BCUT2D eigenvalue weighted by atomic mass is 9.48. The van der Waals surface area contributed by atoms with E-state index in [0.717, 1.165) is 37.2 Å². The Kier molecular flexibility index (Phi) is 5.18. The molecule has 168 valence electrons. The van der Waals surface area contributed by atoms with E-state index in [1.54, 1.807) is 6.92 Å². The summed E-state index contributed by atoms with van der Waals surface area (Å²) in [7, 11) is 0. The van der Waals surface area contributed by atoms with Gasteiger partial charge in [0.1, 0.15) is 5.75 Å². The highest BCUT2D eigenvalue weighted by Gasteiger charge is 2.60. The maximum Gasteiger partial charge on any atom is 0.219 e. The molecule has 4 aliphatic rings. The number of allylic oxidation sites excluding steroid dienone is 2. The largest absolute Gasteiger partial charge is 0.492 e. The molecule has 1 aromatic heterocycles. The lowest BCUT2D eigenvalue weighted by Crippen LogP contribution is -2.54. The SMILES string of the molecule is CCCOc1cncc(C2=CC[C@H]3[C@@H]4CCC5N(C(C)=O)CC[C@]5(C)[C@H]4CCC23C)c1. The van der Waals surface area contributed by atoms with Crippen molar-refractivity contribution in [1.82, 2.24) is 9.88 Å². The van der Waals surface area contributed by atoms with Crippen LogP contribution < -0.4 is 4.74 Å². The zero-order valence-corrected chi connectivity index (χ0v) is 19.7. The summed E-state index contributed by atoms with van der Waals surface area (Å²) < 4.78 is 5.88. The van der Waals surface area contributed by atoms with Crippen molar-refractivity contribution in [2.45, 2.75) is 78.7 Å². The van der Waals surface area contributed by atoms with Gasteiger partial charge in [0.15, 0.2) is 0 Å². The molecule has 3 aliphatic carbocycles. The van der Waals surface area contributed by atoms with E-state index in [1.165, 1.54) is 49.7 Å². The van der Waals surface area contributed by atoms with Crippen LogP contribution in [0, 0.1) is 28.6 Å². The molecule has 1 aromatic rings. The Balaban J connectivity index is 1.39. The summed E-state index contributed by atoms with van der Waals surface area (Å²) in [5, 5.41) is 0. The normalized spacial score (nSPS) is 38.8. The summed E-state index contributed by atoms with van der Waals surface area (Å²) in [5.41, 5.74) is 3.28. The van der Waals surface area contributed by atoms with Crippen LogP contribution >= 0.6 is 0 Å². The highest BCUT2D eigenvalue weighted by Crippen LogP contribution is 2.66. The number of amides is 1. The van der Waals surface area contributed by atoms with E-state index < -0.39 is 0 Å². The summed E-state index contributed by atoms with van der Waals surface area (Å²) in [6, 6.07) is 2.66. The first-order chi connectivity index (χ1) is 14.9. The van der Waals surface area contributed by atoms with Crippen LogP contribution in [0.2, 0.25) is 0 Å². The first kappa shape index (κ1) is 21.0. The number of pyridine rings is 1. The van der Waals surface area contributed by atoms with Gasteiger partial charge in [-0.3, -0.25) is 9.78 Å². The minimum absolute atomic E-state index is 0.230. The van der Waals surface area contributed by atoms with Crippen molar-refractivity contribution in [1.29, 1.82) is 0 Å². The van der Waals surface area contributed by atoms with Crippen molar-refractivity contribution in [3.63, 3.8) is 0 Å². The second kappa shape index (κ2) is 7.64. The average Bonchev–Trinajstić information content (AvgIpc) is 3.29. The lowest BCUT2D eigenvalue weighted by molar-refractivity contribution is -0.134. The van der Waals surface area contributed by atoms with Crippen LogP contribution in [0.15, 0.2) is 24.5 Å². The van der Waals surface area contributed by atoms with Gasteiger partial charge in [0.25, 0.3) is 0 Å². The molecule has 6 atom stereocenters. The predicted molar refractivity (Wildman–Crippen MR) is 124 cm³/mol. The van der Waals surface area contributed by atoms with Crippen molar-refractivity contribution >= 4 is 11.5 Å². The monoisotopic (exact) mass is 422 g/mol. The number of carbonyl (C=O) groups is 1. The molecule has 4 nitrogen and oxygen atoms in total. The first-order valence-corrected chi connectivity index (χ1v) is 12.4. The van der Waals surface area contributed by atoms with Crippen molar-refractivity contribution in [2.75, 3.05) is 13.2 Å². The van der Waals surface area contributed by atoms with E-state index in [-0.39, 0.29) is 11.3 Å². The Labute approximate surface area is 187 Å². The molecule has 1 aliphatic heterocycles. The second-order valence-corrected chi connectivity index (χ2v) is 11.0. The molecule has 5 rings (SSSR count). The van der Waals surface area contributed by atoms with Crippen LogP contribution in [0.25, 0.3) is 5.57 Å². The van der Waals surface area contributed by atoms with Crippen LogP contribution in [0.1, 0.15) is 78.2 Å². The molecule has 0 N–H and O–H groups in total. The van der Waals surface area contributed by atoms with Crippen molar-refractivity contribution in [2.24, 2.45) is 28.6 Å². The Morgan fingerprint density at radius 1 is 1.19 bits per heavy atom. The highest BCUT2D eigenvalue weighted by molar-refractivity contribution is 5.74. The summed E-state index contributed by atoms with van der Waals surface area (Å²) in [4.78, 5) is 18.9. The van der Waals surface area contributed by atoms with Crippen molar-refractivity contribution in [3.8, 4) is 5.75 Å². The number of likely N-dealkylation sites (tertiary alicyclic amines) is 1. The zero-order valence-electron chi connectivity index (χ0n) is 19.7. The fourth-order valence-corrected chi connectivity index (χ4v) is 8.07. The van der Waals surface area contributed by atoms with Crippen LogP contribution in [-0.4, -0.2) is 35.0 Å². The summed E-state index contributed by atoms with van der Waals surface area (Å²) in [6.07, 6.45) is 14.7. The highest BCUT2D eigenvalue weighted by atomic mass is 16.5. The van der Waals surface area contributed by atoms with Gasteiger partial charge in [0.05, 0.1) is 12.8 Å². The molecule has 3 fully saturated rings. The minimum Gasteiger partial charge on any atom is -0.492 e. The van der Waals surface area contributed by atoms with Crippen LogP contribution in [0.3, 0.4) is 0 Å². The summed E-state index contributed by atoms with van der Waals surface area (Å²) in [5.74, 6) is 3.40. The van der Waals surface area contributed by atoms with Crippen LogP contribution in [0.4, 0.5) is 0 Å². The molecule has 1 amide bonds. The summed E-state index contributed by atoms with van der Waals surface area (Å²) in [6.45, 7) is 10.6. The maximum atomic E-state index is 12.2. The van der Waals surface area contributed by atoms with Gasteiger partial charge in [-0.2, -0.15) is 0 Å². The third-order valence-corrected chi connectivity index (χ3v) is 9.57. The Hall–Kier alpha value is -1.84. The second-order valence-electron chi connectivity index (χ2n) is 11.0. The van der Waals surface area contributed by atoms with Gasteiger partial charge in [0.2, 0.25) is 5.91 Å². The van der Waals surface area contributed by atoms with Gasteiger partial charge in [0, 0.05) is 25.7 Å². The topological polar surface area (TPSA) is 42.4 Å². The number of aromatic nitrogens is 1. The Morgan fingerprint density at radius 3 is 2.81 bits per heavy atom. The van der Waals surface area contributed by atoms with Crippen molar-refractivity contribution < 1.29 is 9.53 Å². The molecule has 0 aromatic carbocycles. The smallest absolute Gasteiger partial charge is 0.219 e. The molecular formula is C27H38N2O2. The third-order valence-electron chi connectivity index (χ3n) is 9.57. The Bertz CT molecular complexity index is 895. The Morgan fingerprint density at radius 2 is 2.03 bits per heavy atom. The van der Waals surface area contributed by atoms with Gasteiger partial charge in [-0.25, -0.2) is 0 Å². The number of fused-ring (bicyclic) bond motifs is 5. The molecule has 0 bridgehead atoms. The number of ether oxygens (including phenoxy) is 1. The van der Waals surface area contributed by atoms with Crippen LogP contribution in [-0.2, 0) is 4.79 Å². The fraction of sp³-hybridized carbons (Fsp3) is 0.704. The van der Waals surface area contributed by atoms with E-state index in [4.69, 9.17) is 4.74 Å². The number of nitrogens with zero attached hydrogens (tertiary/aromatic N) is 2. The van der Waals surface area contributed by atoms with Gasteiger partial charge >= 0.3 is 0 Å². The van der Waals surface area contributed by atoms with Gasteiger partial charge in [-0.15, -0.1) is 0 Å². The van der Waals surface area contributed by atoms with E-state index in [9.17, 15) is 4.79 Å². The summed E-state index contributed by atoms with van der Waals surface area (Å²) >= 11 is 0. The molecule has 2 unspecified atom stereocenters.